The number of hydrogen-bond donors (Lipinski definition) is 1. The molecule has 2 heterocycles. The highest BCUT2D eigenvalue weighted by molar-refractivity contribution is 6.15. The number of nitrogens with two attached hydrogens (primary N) is 1. The maximum atomic E-state index is 12.1. The van der Waals surface area contributed by atoms with Crippen molar-refractivity contribution in [3.63, 3.8) is 0 Å². The number of anilines is 1. The molecule has 2 N–H and O–H groups in total. The molecule has 0 aliphatic carbocycles. The fourth-order valence-electron chi connectivity index (χ4n) is 3.36. The van der Waals surface area contributed by atoms with Gasteiger partial charge in [0.1, 0.15) is 5.69 Å². The lowest BCUT2D eigenvalue weighted by molar-refractivity contribution is 0.0603. The van der Waals surface area contributed by atoms with E-state index in [-0.39, 0.29) is 0 Å². The number of esters is 1. The molecule has 4 aromatic rings. The Morgan fingerprint density at radius 3 is 2.66 bits per heavy atom. The van der Waals surface area contributed by atoms with Gasteiger partial charge in [0.15, 0.2) is 0 Å². The molecule has 0 spiro atoms. The zero-order valence-electron chi connectivity index (χ0n) is 16.4. The largest absolute Gasteiger partial charge is 0.465 e. The molecule has 0 saturated heterocycles. The number of hydrogen-bond acceptors (Lipinski definition) is 5. The average molecular weight is 381 g/mol. The van der Waals surface area contributed by atoms with Crippen molar-refractivity contribution in [2.24, 2.45) is 0 Å². The first kappa shape index (κ1) is 18.5. The second kappa shape index (κ2) is 7.25. The maximum absolute atomic E-state index is 12.1. The zero-order valence-corrected chi connectivity index (χ0v) is 16.4. The molecule has 0 unspecified atom stereocenters. The highest BCUT2D eigenvalue weighted by atomic mass is 16.5. The van der Waals surface area contributed by atoms with Crippen molar-refractivity contribution in [3.05, 3.63) is 76.6 Å². The maximum Gasteiger partial charge on any atom is 0.340 e. The molecule has 0 aliphatic rings. The average Bonchev–Trinajstić information content (AvgIpc) is 2.72. The Balaban J connectivity index is 1.84. The minimum absolute atomic E-state index is 0.373. The van der Waals surface area contributed by atoms with Gasteiger partial charge < -0.3 is 10.5 Å². The monoisotopic (exact) mass is 381 g/mol. The predicted octanol–water partition coefficient (Wildman–Crippen LogP) is 4.17. The third-order valence-corrected chi connectivity index (χ3v) is 4.83. The van der Waals surface area contributed by atoms with Crippen LogP contribution >= 0.6 is 0 Å². The van der Waals surface area contributed by atoms with Gasteiger partial charge in [-0.3, -0.25) is 4.98 Å². The molecule has 0 saturated carbocycles. The van der Waals surface area contributed by atoms with Crippen LogP contribution in [0.25, 0.3) is 21.8 Å². The number of benzene rings is 2. The summed E-state index contributed by atoms with van der Waals surface area (Å²) in [5, 5.41) is 1.50. The fraction of sp³-hybridized carbons (Fsp3) is 0.125. The van der Waals surface area contributed by atoms with Gasteiger partial charge >= 0.3 is 5.97 Å². The normalized spacial score (nSPS) is 10.6. The van der Waals surface area contributed by atoms with Crippen LogP contribution < -0.4 is 5.73 Å². The molecule has 0 aliphatic heterocycles. The zero-order chi connectivity index (χ0) is 20.5. The van der Waals surface area contributed by atoms with Crippen LogP contribution in [0.3, 0.4) is 0 Å². The van der Waals surface area contributed by atoms with Gasteiger partial charge in [-0.05, 0) is 55.7 Å². The molecule has 2 aromatic carbocycles. The molecule has 0 bridgehead atoms. The van der Waals surface area contributed by atoms with E-state index in [1.54, 1.807) is 18.3 Å². The lowest BCUT2D eigenvalue weighted by atomic mass is 10.0. The van der Waals surface area contributed by atoms with Crippen molar-refractivity contribution < 1.29 is 9.53 Å². The number of nitrogen functional groups attached to an aromatic ring is 1. The minimum Gasteiger partial charge on any atom is -0.465 e. The van der Waals surface area contributed by atoms with E-state index < -0.39 is 5.97 Å². The van der Waals surface area contributed by atoms with Crippen molar-refractivity contribution in [3.8, 4) is 11.8 Å². The number of pyridine rings is 2. The molecular formula is C24H19N3O2. The van der Waals surface area contributed by atoms with E-state index in [4.69, 9.17) is 10.5 Å². The van der Waals surface area contributed by atoms with E-state index in [0.717, 1.165) is 16.5 Å². The first-order valence-corrected chi connectivity index (χ1v) is 9.13. The summed E-state index contributed by atoms with van der Waals surface area (Å²) in [5.41, 5.74) is 12.2. The number of nitrogens with zero attached hydrogens (tertiary/aromatic N) is 2. The molecule has 4 rings (SSSR count). The van der Waals surface area contributed by atoms with Crippen LogP contribution in [0.15, 0.2) is 48.7 Å². The number of aromatic nitrogens is 2. The number of carbonyl (C=O) groups excluding carboxylic acids is 1. The molecule has 0 radical (unpaired) electrons. The predicted molar refractivity (Wildman–Crippen MR) is 115 cm³/mol. The van der Waals surface area contributed by atoms with Crippen LogP contribution in [-0.2, 0) is 4.74 Å². The van der Waals surface area contributed by atoms with Gasteiger partial charge in [0.05, 0.1) is 29.9 Å². The minimum atomic E-state index is -0.453. The first-order chi connectivity index (χ1) is 14.0. The molecule has 2 aromatic heterocycles. The van der Waals surface area contributed by atoms with Crippen LogP contribution in [0.4, 0.5) is 5.69 Å². The first-order valence-electron chi connectivity index (χ1n) is 9.13. The number of aryl methyl sites for hydroxylation is 2. The topological polar surface area (TPSA) is 78.1 Å². The summed E-state index contributed by atoms with van der Waals surface area (Å²) in [6.45, 7) is 4.10. The summed E-state index contributed by atoms with van der Waals surface area (Å²) in [4.78, 5) is 21.1. The van der Waals surface area contributed by atoms with Gasteiger partial charge in [0, 0.05) is 22.0 Å². The Morgan fingerprint density at radius 2 is 1.90 bits per heavy atom. The Morgan fingerprint density at radius 1 is 1.07 bits per heavy atom. The van der Waals surface area contributed by atoms with Crippen molar-refractivity contribution in [1.29, 1.82) is 0 Å². The van der Waals surface area contributed by atoms with E-state index in [9.17, 15) is 4.79 Å². The molecule has 5 nitrogen and oxygen atoms in total. The summed E-state index contributed by atoms with van der Waals surface area (Å²) in [5.74, 6) is 5.85. The molecular weight excluding hydrogens is 362 g/mol. The standard InChI is InChI=1S/C24H19N3O2/c1-14-4-5-16(15(2)12-14)6-7-17-8-9-18-21(27-17)13-26-23-19(24(28)29-3)10-11-20(25)22(18)23/h4-5,8-13H,25H2,1-3H3. The number of fused-ring (bicyclic) bond motifs is 3. The number of rotatable bonds is 1. The smallest absolute Gasteiger partial charge is 0.340 e. The summed E-state index contributed by atoms with van der Waals surface area (Å²) in [6.07, 6.45) is 1.63. The van der Waals surface area contributed by atoms with Crippen LogP contribution in [-0.4, -0.2) is 23.0 Å². The van der Waals surface area contributed by atoms with Gasteiger partial charge in [0.2, 0.25) is 0 Å². The number of ether oxygens (including phenoxy) is 1. The molecule has 0 amide bonds. The number of methoxy groups -OCH3 is 1. The molecule has 0 fully saturated rings. The lowest BCUT2D eigenvalue weighted by Crippen LogP contribution is -2.04. The quantitative estimate of drug-likeness (QED) is 0.232. The molecule has 142 valence electrons. The summed E-state index contributed by atoms with van der Waals surface area (Å²) in [7, 11) is 1.34. The van der Waals surface area contributed by atoms with Crippen molar-refractivity contribution in [1.82, 2.24) is 9.97 Å². The third-order valence-electron chi connectivity index (χ3n) is 4.83. The second-order valence-corrected chi connectivity index (χ2v) is 6.87. The fourth-order valence-corrected chi connectivity index (χ4v) is 3.36. The molecule has 5 heteroatoms. The van der Waals surface area contributed by atoms with E-state index in [0.29, 0.717) is 33.4 Å². The lowest BCUT2D eigenvalue weighted by Gasteiger charge is -2.09. The van der Waals surface area contributed by atoms with Gasteiger partial charge in [-0.15, -0.1) is 0 Å². The molecule has 0 atom stereocenters. The van der Waals surface area contributed by atoms with E-state index in [1.807, 2.05) is 31.2 Å². The van der Waals surface area contributed by atoms with Crippen molar-refractivity contribution in [2.45, 2.75) is 13.8 Å². The SMILES string of the molecule is COC(=O)c1ccc(N)c2c1ncc1nc(C#Cc3ccc(C)cc3C)ccc12. The Bertz CT molecular complexity index is 1350. The highest BCUT2D eigenvalue weighted by Gasteiger charge is 2.15. The van der Waals surface area contributed by atoms with Gasteiger partial charge in [0.25, 0.3) is 0 Å². The van der Waals surface area contributed by atoms with E-state index >= 15 is 0 Å². The Hall–Kier alpha value is -3.91. The van der Waals surface area contributed by atoms with Gasteiger partial charge in [-0.25, -0.2) is 9.78 Å². The van der Waals surface area contributed by atoms with Crippen LogP contribution in [0, 0.1) is 25.7 Å². The van der Waals surface area contributed by atoms with Crippen LogP contribution in [0.5, 0.6) is 0 Å². The van der Waals surface area contributed by atoms with Gasteiger partial charge in [-0.2, -0.15) is 0 Å². The Labute approximate surface area is 168 Å². The van der Waals surface area contributed by atoms with E-state index in [2.05, 4.69) is 34.8 Å². The van der Waals surface area contributed by atoms with Gasteiger partial charge in [-0.1, -0.05) is 23.6 Å². The van der Waals surface area contributed by atoms with Crippen molar-refractivity contribution >= 4 is 33.5 Å². The highest BCUT2D eigenvalue weighted by Crippen LogP contribution is 2.30. The third kappa shape index (κ3) is 3.37. The Kier molecular flexibility index (Phi) is 4.61. The van der Waals surface area contributed by atoms with Crippen molar-refractivity contribution in [2.75, 3.05) is 12.8 Å². The van der Waals surface area contributed by atoms with E-state index in [1.165, 1.54) is 12.7 Å². The number of carbonyl (C=O) groups is 1. The summed E-state index contributed by atoms with van der Waals surface area (Å²) < 4.78 is 4.85. The van der Waals surface area contributed by atoms with Crippen LogP contribution in [0.2, 0.25) is 0 Å². The summed E-state index contributed by atoms with van der Waals surface area (Å²) >= 11 is 0. The second-order valence-electron chi connectivity index (χ2n) is 6.87. The van der Waals surface area contributed by atoms with Crippen LogP contribution in [0.1, 0.15) is 32.7 Å². The summed E-state index contributed by atoms with van der Waals surface area (Å²) in [6, 6.07) is 13.2. The molecule has 29 heavy (non-hydrogen) atoms.